The van der Waals surface area contributed by atoms with Crippen molar-refractivity contribution in [2.45, 2.75) is 44.6 Å². The second-order valence-corrected chi connectivity index (χ2v) is 5.02. The summed E-state index contributed by atoms with van der Waals surface area (Å²) in [6.07, 6.45) is 6.65. The lowest BCUT2D eigenvalue weighted by molar-refractivity contribution is 0.224. The lowest BCUT2D eigenvalue weighted by Gasteiger charge is -2.29. The number of nitriles is 1. The molecule has 1 aliphatic heterocycles. The van der Waals surface area contributed by atoms with E-state index in [1.165, 1.54) is 25.7 Å². The van der Waals surface area contributed by atoms with Crippen LogP contribution in [0.2, 0.25) is 0 Å². The number of rotatable bonds is 1. The van der Waals surface area contributed by atoms with E-state index in [4.69, 9.17) is 5.26 Å². The van der Waals surface area contributed by atoms with Crippen LogP contribution in [0, 0.1) is 23.2 Å². The molecule has 0 bridgehead atoms. The first kappa shape index (κ1) is 9.83. The van der Waals surface area contributed by atoms with Crippen molar-refractivity contribution < 1.29 is 0 Å². The summed E-state index contributed by atoms with van der Waals surface area (Å²) in [4.78, 5) is 4.37. The summed E-state index contributed by atoms with van der Waals surface area (Å²) in [6, 6.07) is 2.90. The topological polar surface area (TPSA) is 54.5 Å². The zero-order valence-corrected chi connectivity index (χ0v) is 9.50. The molecule has 0 radical (unpaired) electrons. The van der Waals surface area contributed by atoms with E-state index in [-0.39, 0.29) is 5.92 Å². The Morgan fingerprint density at radius 1 is 1.50 bits per heavy atom. The maximum absolute atomic E-state index is 9.14. The monoisotopic (exact) mass is 216 g/mol. The Morgan fingerprint density at radius 3 is 3.12 bits per heavy atom. The lowest BCUT2D eigenvalue weighted by atomic mass is 9.75. The third kappa shape index (κ3) is 1.21. The largest absolute Gasteiger partial charge is 0.246 e. The molecule has 2 aliphatic rings. The van der Waals surface area contributed by atoms with Crippen molar-refractivity contribution in [3.63, 3.8) is 0 Å². The normalized spacial score (nSPS) is 33.9. The first-order valence-corrected chi connectivity index (χ1v) is 6.12. The summed E-state index contributed by atoms with van der Waals surface area (Å²) in [5.74, 6) is 2.00. The molecule has 4 atom stereocenters. The van der Waals surface area contributed by atoms with Gasteiger partial charge in [0.1, 0.15) is 12.2 Å². The number of fused-ring (bicyclic) bond motifs is 3. The van der Waals surface area contributed by atoms with E-state index in [9.17, 15) is 0 Å². The van der Waals surface area contributed by atoms with Crippen molar-refractivity contribution in [2.24, 2.45) is 11.8 Å². The molecule has 1 saturated carbocycles. The highest BCUT2D eigenvalue weighted by Gasteiger charge is 2.45. The van der Waals surface area contributed by atoms with E-state index in [2.05, 4.69) is 20.8 Å². The van der Waals surface area contributed by atoms with Gasteiger partial charge < -0.3 is 0 Å². The fraction of sp³-hybridized carbons (Fsp3) is 0.750. The molecular weight excluding hydrogens is 200 g/mol. The van der Waals surface area contributed by atoms with Gasteiger partial charge in [0.2, 0.25) is 0 Å². The van der Waals surface area contributed by atoms with Gasteiger partial charge in [-0.15, -0.1) is 0 Å². The fourth-order valence-corrected chi connectivity index (χ4v) is 3.48. The van der Waals surface area contributed by atoms with Gasteiger partial charge in [-0.2, -0.15) is 10.4 Å². The summed E-state index contributed by atoms with van der Waals surface area (Å²) in [5, 5.41) is 13.5. The second kappa shape index (κ2) is 3.58. The molecule has 0 amide bonds. The van der Waals surface area contributed by atoms with Crippen molar-refractivity contribution in [1.29, 1.82) is 5.26 Å². The molecule has 2 heterocycles. The minimum absolute atomic E-state index is 0.0519. The summed E-state index contributed by atoms with van der Waals surface area (Å²) >= 11 is 0. The Kier molecular flexibility index (Phi) is 2.20. The molecule has 16 heavy (non-hydrogen) atoms. The number of nitrogens with zero attached hydrogens (tertiary/aromatic N) is 4. The van der Waals surface area contributed by atoms with Gasteiger partial charge in [0.25, 0.3) is 0 Å². The Morgan fingerprint density at radius 2 is 2.31 bits per heavy atom. The van der Waals surface area contributed by atoms with Crippen LogP contribution < -0.4 is 0 Å². The van der Waals surface area contributed by atoms with E-state index < -0.39 is 0 Å². The summed E-state index contributed by atoms with van der Waals surface area (Å²) < 4.78 is 2.09. The standard InChI is InChI=1S/C12H16N4/c1-8(6-13)11-9-4-2-3-5-10(9)16-12(11)14-7-15-16/h7-11H,2-5H2,1H3. The molecule has 0 aromatic carbocycles. The van der Waals surface area contributed by atoms with Crippen LogP contribution in [-0.2, 0) is 0 Å². The minimum atomic E-state index is 0.0519. The molecule has 1 aromatic rings. The third-order valence-corrected chi connectivity index (χ3v) is 4.20. The van der Waals surface area contributed by atoms with Gasteiger partial charge >= 0.3 is 0 Å². The maximum atomic E-state index is 9.14. The van der Waals surface area contributed by atoms with Crippen LogP contribution in [0.25, 0.3) is 0 Å². The van der Waals surface area contributed by atoms with E-state index in [0.717, 1.165) is 5.82 Å². The Hall–Kier alpha value is -1.37. The zero-order chi connectivity index (χ0) is 11.1. The Balaban J connectivity index is 2.02. The van der Waals surface area contributed by atoms with Gasteiger partial charge in [-0.1, -0.05) is 12.8 Å². The maximum Gasteiger partial charge on any atom is 0.138 e. The van der Waals surface area contributed by atoms with Gasteiger partial charge in [-0.05, 0) is 25.7 Å². The zero-order valence-electron chi connectivity index (χ0n) is 9.50. The summed E-state index contributed by atoms with van der Waals surface area (Å²) in [6.45, 7) is 2.01. The number of hydrogen-bond donors (Lipinski definition) is 0. The average molecular weight is 216 g/mol. The van der Waals surface area contributed by atoms with Gasteiger partial charge in [0.15, 0.2) is 0 Å². The quantitative estimate of drug-likeness (QED) is 0.723. The van der Waals surface area contributed by atoms with Gasteiger partial charge in [0, 0.05) is 5.92 Å². The van der Waals surface area contributed by atoms with Crippen molar-refractivity contribution in [1.82, 2.24) is 14.8 Å². The minimum Gasteiger partial charge on any atom is -0.246 e. The Bertz CT molecular complexity index is 430. The van der Waals surface area contributed by atoms with Crippen molar-refractivity contribution in [2.75, 3.05) is 0 Å². The van der Waals surface area contributed by atoms with Crippen LogP contribution in [0.4, 0.5) is 0 Å². The highest BCUT2D eigenvalue weighted by Crippen LogP contribution is 2.50. The highest BCUT2D eigenvalue weighted by atomic mass is 15.4. The average Bonchev–Trinajstić information content (AvgIpc) is 2.87. The molecule has 3 rings (SSSR count). The molecule has 1 aliphatic carbocycles. The van der Waals surface area contributed by atoms with Gasteiger partial charge in [-0.3, -0.25) is 0 Å². The van der Waals surface area contributed by atoms with E-state index in [0.29, 0.717) is 17.9 Å². The van der Waals surface area contributed by atoms with Crippen LogP contribution >= 0.6 is 0 Å². The molecule has 4 unspecified atom stereocenters. The molecule has 84 valence electrons. The fourth-order valence-electron chi connectivity index (χ4n) is 3.48. The third-order valence-electron chi connectivity index (χ3n) is 4.20. The van der Waals surface area contributed by atoms with E-state index in [1.54, 1.807) is 6.33 Å². The first-order valence-electron chi connectivity index (χ1n) is 6.12. The molecule has 1 fully saturated rings. The molecule has 0 N–H and O–H groups in total. The molecule has 4 heteroatoms. The number of aromatic nitrogens is 3. The highest BCUT2D eigenvalue weighted by molar-refractivity contribution is 5.14. The molecule has 4 nitrogen and oxygen atoms in total. The molecular formula is C12H16N4. The summed E-state index contributed by atoms with van der Waals surface area (Å²) in [7, 11) is 0. The lowest BCUT2D eigenvalue weighted by Crippen LogP contribution is -2.22. The van der Waals surface area contributed by atoms with Crippen molar-refractivity contribution in [3.8, 4) is 6.07 Å². The van der Waals surface area contributed by atoms with Crippen LogP contribution in [-0.4, -0.2) is 14.8 Å². The molecule has 1 aromatic heterocycles. The van der Waals surface area contributed by atoms with Gasteiger partial charge in [0.05, 0.1) is 18.0 Å². The SMILES string of the molecule is CC(C#N)C1c2ncnn2C2CCCCC12. The molecule has 0 spiro atoms. The van der Waals surface area contributed by atoms with Crippen LogP contribution in [0.15, 0.2) is 6.33 Å². The smallest absolute Gasteiger partial charge is 0.138 e. The predicted molar refractivity (Wildman–Crippen MR) is 58.5 cm³/mol. The van der Waals surface area contributed by atoms with E-state index in [1.807, 2.05) is 6.92 Å². The van der Waals surface area contributed by atoms with Crippen LogP contribution in [0.5, 0.6) is 0 Å². The van der Waals surface area contributed by atoms with Crippen LogP contribution in [0.3, 0.4) is 0 Å². The predicted octanol–water partition coefficient (Wildman–Crippen LogP) is 2.27. The van der Waals surface area contributed by atoms with Crippen LogP contribution in [0.1, 0.15) is 50.4 Å². The first-order chi connectivity index (χ1) is 7.83. The second-order valence-electron chi connectivity index (χ2n) is 5.02. The summed E-state index contributed by atoms with van der Waals surface area (Å²) in [5.41, 5.74) is 0. The molecule has 0 saturated heterocycles. The van der Waals surface area contributed by atoms with Gasteiger partial charge in [-0.25, -0.2) is 9.67 Å². The van der Waals surface area contributed by atoms with E-state index >= 15 is 0 Å². The van der Waals surface area contributed by atoms with Crippen molar-refractivity contribution in [3.05, 3.63) is 12.2 Å². The van der Waals surface area contributed by atoms with Crippen molar-refractivity contribution >= 4 is 0 Å². The Labute approximate surface area is 95.3 Å². The number of hydrogen-bond acceptors (Lipinski definition) is 3.